The SMILES string of the molecule is O=C1NCCC12CCN(Cc1ccsc1)CC2. The number of hydrogen-bond acceptors (Lipinski definition) is 3. The summed E-state index contributed by atoms with van der Waals surface area (Å²) in [6.07, 6.45) is 3.10. The molecule has 0 aliphatic carbocycles. The third-order valence-electron chi connectivity index (χ3n) is 4.17. The summed E-state index contributed by atoms with van der Waals surface area (Å²) in [6.45, 7) is 4.04. The van der Waals surface area contributed by atoms with Gasteiger partial charge in [-0.1, -0.05) is 0 Å². The summed E-state index contributed by atoms with van der Waals surface area (Å²) in [5.74, 6) is 0.299. The minimum atomic E-state index is -0.0227. The Bertz CT molecular complexity index is 394. The second-order valence-corrected chi connectivity index (χ2v) is 5.97. The summed E-state index contributed by atoms with van der Waals surface area (Å²) < 4.78 is 0. The van der Waals surface area contributed by atoms with Crippen LogP contribution in [0.4, 0.5) is 0 Å². The smallest absolute Gasteiger partial charge is 0.226 e. The van der Waals surface area contributed by atoms with Crippen LogP contribution >= 0.6 is 11.3 Å². The van der Waals surface area contributed by atoms with Gasteiger partial charge in [0.15, 0.2) is 0 Å². The number of thiophene rings is 1. The van der Waals surface area contributed by atoms with Gasteiger partial charge in [-0.05, 0) is 54.7 Å². The van der Waals surface area contributed by atoms with E-state index in [-0.39, 0.29) is 5.41 Å². The number of hydrogen-bond donors (Lipinski definition) is 1. The van der Waals surface area contributed by atoms with Crippen molar-refractivity contribution < 1.29 is 4.79 Å². The number of carbonyl (C=O) groups is 1. The van der Waals surface area contributed by atoms with Gasteiger partial charge in [-0.15, -0.1) is 0 Å². The maximum absolute atomic E-state index is 11.8. The van der Waals surface area contributed by atoms with Crippen LogP contribution in [0.2, 0.25) is 0 Å². The van der Waals surface area contributed by atoms with Gasteiger partial charge >= 0.3 is 0 Å². The molecule has 2 fully saturated rings. The van der Waals surface area contributed by atoms with Crippen molar-refractivity contribution in [2.75, 3.05) is 19.6 Å². The quantitative estimate of drug-likeness (QED) is 0.869. The molecule has 0 bridgehead atoms. The fourth-order valence-electron chi connectivity index (χ4n) is 2.97. The molecule has 0 unspecified atom stereocenters. The van der Waals surface area contributed by atoms with Crippen LogP contribution in [0.15, 0.2) is 16.8 Å². The Kier molecular flexibility index (Phi) is 2.92. The predicted octanol–water partition coefficient (Wildman–Crippen LogP) is 1.85. The first-order chi connectivity index (χ1) is 8.28. The first-order valence-corrected chi connectivity index (χ1v) is 7.25. The van der Waals surface area contributed by atoms with Crippen molar-refractivity contribution >= 4 is 17.2 Å². The van der Waals surface area contributed by atoms with Crippen LogP contribution in [0, 0.1) is 5.41 Å². The van der Waals surface area contributed by atoms with Crippen LogP contribution in [-0.4, -0.2) is 30.4 Å². The minimum Gasteiger partial charge on any atom is -0.356 e. The van der Waals surface area contributed by atoms with Gasteiger partial charge in [0.1, 0.15) is 0 Å². The molecule has 3 heterocycles. The molecule has 3 rings (SSSR count). The molecule has 3 nitrogen and oxygen atoms in total. The molecule has 0 aromatic carbocycles. The Morgan fingerprint density at radius 2 is 2.18 bits per heavy atom. The van der Waals surface area contributed by atoms with E-state index in [4.69, 9.17) is 0 Å². The molecule has 0 atom stereocenters. The third kappa shape index (κ3) is 2.11. The van der Waals surface area contributed by atoms with Crippen molar-refractivity contribution in [2.45, 2.75) is 25.8 Å². The zero-order valence-electron chi connectivity index (χ0n) is 9.95. The molecule has 2 aliphatic rings. The topological polar surface area (TPSA) is 32.3 Å². The lowest BCUT2D eigenvalue weighted by Crippen LogP contribution is -2.43. The predicted molar refractivity (Wildman–Crippen MR) is 68.9 cm³/mol. The van der Waals surface area contributed by atoms with Crippen LogP contribution < -0.4 is 5.32 Å². The molecule has 1 N–H and O–H groups in total. The van der Waals surface area contributed by atoms with E-state index in [1.54, 1.807) is 11.3 Å². The van der Waals surface area contributed by atoms with Crippen molar-refractivity contribution in [1.82, 2.24) is 10.2 Å². The maximum atomic E-state index is 11.8. The standard InChI is InChI=1S/C13H18N2OS/c16-12-13(2-5-14-12)3-6-15(7-4-13)9-11-1-8-17-10-11/h1,8,10H,2-7,9H2,(H,14,16). The van der Waals surface area contributed by atoms with E-state index in [9.17, 15) is 4.79 Å². The fourth-order valence-corrected chi connectivity index (χ4v) is 3.63. The lowest BCUT2D eigenvalue weighted by Gasteiger charge is -2.37. The Morgan fingerprint density at radius 1 is 1.35 bits per heavy atom. The molecular formula is C13H18N2OS. The number of nitrogens with one attached hydrogen (secondary N) is 1. The minimum absolute atomic E-state index is 0.0227. The zero-order chi connectivity index (χ0) is 11.7. The molecular weight excluding hydrogens is 232 g/mol. The lowest BCUT2D eigenvalue weighted by atomic mass is 9.77. The second-order valence-electron chi connectivity index (χ2n) is 5.19. The van der Waals surface area contributed by atoms with E-state index in [2.05, 4.69) is 27.0 Å². The highest BCUT2D eigenvalue weighted by atomic mass is 32.1. The van der Waals surface area contributed by atoms with Gasteiger partial charge < -0.3 is 5.32 Å². The molecule has 4 heteroatoms. The Hall–Kier alpha value is -0.870. The zero-order valence-corrected chi connectivity index (χ0v) is 10.8. The number of carbonyl (C=O) groups excluding carboxylic acids is 1. The van der Waals surface area contributed by atoms with Crippen molar-refractivity contribution in [3.05, 3.63) is 22.4 Å². The number of piperidine rings is 1. The van der Waals surface area contributed by atoms with E-state index in [0.717, 1.165) is 45.4 Å². The molecule has 1 aromatic heterocycles. The van der Waals surface area contributed by atoms with E-state index in [0.29, 0.717) is 5.91 Å². The van der Waals surface area contributed by atoms with Crippen LogP contribution in [0.3, 0.4) is 0 Å². The summed E-state index contributed by atoms with van der Waals surface area (Å²) in [6, 6.07) is 2.19. The van der Waals surface area contributed by atoms with Gasteiger partial charge in [0.2, 0.25) is 5.91 Å². The van der Waals surface area contributed by atoms with E-state index >= 15 is 0 Å². The van der Waals surface area contributed by atoms with Gasteiger partial charge in [0.25, 0.3) is 0 Å². The average molecular weight is 250 g/mol. The van der Waals surface area contributed by atoms with Crippen LogP contribution in [0.1, 0.15) is 24.8 Å². The molecule has 1 spiro atoms. The van der Waals surface area contributed by atoms with Gasteiger partial charge in [0.05, 0.1) is 5.41 Å². The van der Waals surface area contributed by atoms with Crippen molar-refractivity contribution in [3.8, 4) is 0 Å². The highest BCUT2D eigenvalue weighted by Crippen LogP contribution is 2.38. The normalized spacial score (nSPS) is 24.1. The van der Waals surface area contributed by atoms with Crippen molar-refractivity contribution in [2.24, 2.45) is 5.41 Å². The molecule has 2 aliphatic heterocycles. The largest absolute Gasteiger partial charge is 0.356 e. The van der Waals surface area contributed by atoms with E-state index < -0.39 is 0 Å². The highest BCUT2D eigenvalue weighted by Gasteiger charge is 2.44. The highest BCUT2D eigenvalue weighted by molar-refractivity contribution is 7.07. The third-order valence-corrected chi connectivity index (χ3v) is 4.90. The fraction of sp³-hybridized carbons (Fsp3) is 0.615. The summed E-state index contributed by atoms with van der Waals surface area (Å²) in [4.78, 5) is 14.3. The molecule has 17 heavy (non-hydrogen) atoms. The van der Waals surface area contributed by atoms with Gasteiger partial charge in [-0.2, -0.15) is 11.3 Å². The summed E-state index contributed by atoms with van der Waals surface area (Å²) in [7, 11) is 0. The lowest BCUT2D eigenvalue weighted by molar-refractivity contribution is -0.130. The molecule has 0 saturated carbocycles. The molecule has 92 valence electrons. The summed E-state index contributed by atoms with van der Waals surface area (Å²) in [5, 5.41) is 7.33. The summed E-state index contributed by atoms with van der Waals surface area (Å²) in [5.41, 5.74) is 1.38. The van der Waals surface area contributed by atoms with Gasteiger partial charge in [-0.3, -0.25) is 9.69 Å². The number of nitrogens with zero attached hydrogens (tertiary/aromatic N) is 1. The first-order valence-electron chi connectivity index (χ1n) is 6.30. The monoisotopic (exact) mass is 250 g/mol. The van der Waals surface area contributed by atoms with E-state index in [1.807, 2.05) is 0 Å². The van der Waals surface area contributed by atoms with Gasteiger partial charge in [-0.25, -0.2) is 0 Å². The first kappa shape index (κ1) is 11.2. The number of likely N-dealkylation sites (tertiary alicyclic amines) is 1. The van der Waals surface area contributed by atoms with E-state index in [1.165, 1.54) is 5.56 Å². The Labute approximate surface area is 106 Å². The maximum Gasteiger partial charge on any atom is 0.226 e. The molecule has 1 amide bonds. The van der Waals surface area contributed by atoms with Crippen LogP contribution in [0.5, 0.6) is 0 Å². The molecule has 0 radical (unpaired) electrons. The van der Waals surface area contributed by atoms with Crippen molar-refractivity contribution in [3.63, 3.8) is 0 Å². The molecule has 1 aromatic rings. The average Bonchev–Trinajstić information content (AvgIpc) is 2.94. The number of amides is 1. The van der Waals surface area contributed by atoms with Crippen LogP contribution in [0.25, 0.3) is 0 Å². The van der Waals surface area contributed by atoms with Crippen LogP contribution in [-0.2, 0) is 11.3 Å². The van der Waals surface area contributed by atoms with Crippen molar-refractivity contribution in [1.29, 1.82) is 0 Å². The summed E-state index contributed by atoms with van der Waals surface area (Å²) >= 11 is 1.76. The second kappa shape index (κ2) is 4.42. The Balaban J connectivity index is 1.59. The molecule has 2 saturated heterocycles. The van der Waals surface area contributed by atoms with Gasteiger partial charge in [0, 0.05) is 13.1 Å². The Morgan fingerprint density at radius 3 is 2.76 bits per heavy atom. The number of rotatable bonds is 2.